The minimum absolute atomic E-state index is 0.00222. The maximum absolute atomic E-state index is 11.6. The summed E-state index contributed by atoms with van der Waals surface area (Å²) in [6.07, 6.45) is 0. The first-order valence-corrected chi connectivity index (χ1v) is 5.65. The molecule has 0 spiro atoms. The molecule has 0 aliphatic carbocycles. The van der Waals surface area contributed by atoms with Crippen molar-refractivity contribution in [1.29, 1.82) is 0 Å². The summed E-state index contributed by atoms with van der Waals surface area (Å²) >= 11 is 0. The van der Waals surface area contributed by atoms with Crippen LogP contribution in [-0.4, -0.2) is 31.5 Å². The molecule has 15 heavy (non-hydrogen) atoms. The molecule has 0 aliphatic heterocycles. The molecule has 0 atom stereocenters. The van der Waals surface area contributed by atoms with Crippen LogP contribution in [-0.2, 0) is 10.0 Å². The summed E-state index contributed by atoms with van der Waals surface area (Å²) in [6.45, 7) is 2.97. The Morgan fingerprint density at radius 1 is 1.40 bits per heavy atom. The fourth-order valence-electron chi connectivity index (χ4n) is 1.45. The SMILES string of the molecule is CNS(=O)(=O)c1c(C)[nH]c(C(=O)O)c1C. The first kappa shape index (κ1) is 11.7. The van der Waals surface area contributed by atoms with Crippen molar-refractivity contribution >= 4 is 16.0 Å². The van der Waals surface area contributed by atoms with Crippen LogP contribution < -0.4 is 4.72 Å². The van der Waals surface area contributed by atoms with Gasteiger partial charge in [0.15, 0.2) is 0 Å². The van der Waals surface area contributed by atoms with Crippen molar-refractivity contribution in [2.75, 3.05) is 7.05 Å². The van der Waals surface area contributed by atoms with Crippen molar-refractivity contribution in [2.24, 2.45) is 0 Å². The minimum atomic E-state index is -3.62. The normalized spacial score (nSPS) is 11.7. The standard InChI is InChI=1S/C8H12N2O4S/c1-4-6(8(11)12)10-5(2)7(4)15(13,14)9-3/h9-10H,1-3H3,(H,11,12). The highest BCUT2D eigenvalue weighted by Crippen LogP contribution is 2.22. The van der Waals surface area contributed by atoms with E-state index in [0.717, 1.165) is 0 Å². The van der Waals surface area contributed by atoms with E-state index in [9.17, 15) is 13.2 Å². The molecule has 1 aromatic rings. The molecule has 0 saturated heterocycles. The Kier molecular flexibility index (Phi) is 2.87. The molecule has 0 radical (unpaired) electrons. The van der Waals surface area contributed by atoms with Crippen LogP contribution in [0.4, 0.5) is 0 Å². The van der Waals surface area contributed by atoms with Gasteiger partial charge in [0.25, 0.3) is 0 Å². The van der Waals surface area contributed by atoms with Gasteiger partial charge in [0.05, 0.1) is 0 Å². The van der Waals surface area contributed by atoms with Crippen molar-refractivity contribution in [3.05, 3.63) is 17.0 Å². The Morgan fingerprint density at radius 3 is 2.27 bits per heavy atom. The van der Waals surface area contributed by atoms with Crippen molar-refractivity contribution in [3.8, 4) is 0 Å². The third-order valence-electron chi connectivity index (χ3n) is 2.12. The van der Waals surface area contributed by atoms with Crippen LogP contribution in [0, 0.1) is 13.8 Å². The summed E-state index contributed by atoms with van der Waals surface area (Å²) in [5.74, 6) is -1.17. The van der Waals surface area contributed by atoms with Crippen LogP contribution in [0.2, 0.25) is 0 Å². The molecule has 1 rings (SSSR count). The molecule has 7 heteroatoms. The maximum Gasteiger partial charge on any atom is 0.352 e. The van der Waals surface area contributed by atoms with E-state index in [1.54, 1.807) is 0 Å². The highest BCUT2D eigenvalue weighted by molar-refractivity contribution is 7.89. The lowest BCUT2D eigenvalue weighted by Crippen LogP contribution is -2.19. The summed E-state index contributed by atoms with van der Waals surface area (Å²) in [5.41, 5.74) is 0.440. The minimum Gasteiger partial charge on any atom is -0.477 e. The molecule has 6 nitrogen and oxygen atoms in total. The van der Waals surface area contributed by atoms with Gasteiger partial charge in [-0.1, -0.05) is 0 Å². The number of aromatic amines is 1. The molecule has 0 unspecified atom stereocenters. The number of hydrogen-bond acceptors (Lipinski definition) is 3. The number of aryl methyl sites for hydroxylation is 1. The van der Waals surface area contributed by atoms with Crippen LogP contribution >= 0.6 is 0 Å². The lowest BCUT2D eigenvalue weighted by Gasteiger charge is -2.02. The van der Waals surface area contributed by atoms with Gasteiger partial charge in [-0.3, -0.25) is 0 Å². The third kappa shape index (κ3) is 1.88. The van der Waals surface area contributed by atoms with Gasteiger partial charge in [-0.05, 0) is 20.9 Å². The fourth-order valence-corrected chi connectivity index (χ4v) is 2.62. The van der Waals surface area contributed by atoms with Crippen LogP contribution in [0.1, 0.15) is 21.7 Å². The lowest BCUT2D eigenvalue weighted by atomic mass is 10.2. The number of rotatable bonds is 3. The number of nitrogens with one attached hydrogen (secondary N) is 2. The first-order chi connectivity index (χ1) is 6.81. The predicted molar refractivity (Wildman–Crippen MR) is 53.5 cm³/mol. The van der Waals surface area contributed by atoms with Gasteiger partial charge in [-0.25, -0.2) is 17.9 Å². The van der Waals surface area contributed by atoms with Crippen molar-refractivity contribution in [3.63, 3.8) is 0 Å². The Hall–Kier alpha value is -1.34. The number of carboxylic acid groups (broad SMARTS) is 1. The molecule has 0 aliphatic rings. The molecular weight excluding hydrogens is 220 g/mol. The van der Waals surface area contributed by atoms with Crippen molar-refractivity contribution in [2.45, 2.75) is 18.7 Å². The summed E-state index contributed by atoms with van der Waals surface area (Å²) in [6, 6.07) is 0. The van der Waals surface area contributed by atoms with Crippen LogP contribution in [0.3, 0.4) is 0 Å². The molecule has 1 heterocycles. The fraction of sp³-hybridized carbons (Fsp3) is 0.375. The highest BCUT2D eigenvalue weighted by atomic mass is 32.2. The largest absolute Gasteiger partial charge is 0.477 e. The Labute approximate surface area is 87.4 Å². The van der Waals surface area contributed by atoms with Gasteiger partial charge < -0.3 is 10.1 Å². The monoisotopic (exact) mass is 232 g/mol. The average Bonchev–Trinajstić information content (AvgIpc) is 2.42. The molecule has 0 aromatic carbocycles. The number of carboxylic acids is 1. The number of aromatic nitrogens is 1. The topological polar surface area (TPSA) is 99.3 Å². The van der Waals surface area contributed by atoms with Gasteiger partial charge in [0.2, 0.25) is 10.0 Å². The van der Waals surface area contributed by atoms with Crippen LogP contribution in [0.5, 0.6) is 0 Å². The molecule has 84 valence electrons. The van der Waals surface area contributed by atoms with E-state index >= 15 is 0 Å². The number of hydrogen-bond donors (Lipinski definition) is 3. The molecule has 0 saturated carbocycles. The summed E-state index contributed by atoms with van der Waals surface area (Å²) in [7, 11) is -2.34. The summed E-state index contributed by atoms with van der Waals surface area (Å²) < 4.78 is 25.3. The predicted octanol–water partition coefficient (Wildman–Crippen LogP) is 0.238. The molecule has 1 aromatic heterocycles. The van der Waals surface area contributed by atoms with Gasteiger partial charge in [-0.2, -0.15) is 0 Å². The number of sulfonamides is 1. The third-order valence-corrected chi connectivity index (χ3v) is 3.81. The summed E-state index contributed by atoms with van der Waals surface area (Å²) in [4.78, 5) is 13.3. The average molecular weight is 232 g/mol. The van der Waals surface area contributed by atoms with E-state index in [1.807, 2.05) is 0 Å². The van der Waals surface area contributed by atoms with E-state index in [2.05, 4.69) is 9.71 Å². The zero-order chi connectivity index (χ0) is 11.8. The zero-order valence-electron chi connectivity index (χ0n) is 8.58. The molecule has 3 N–H and O–H groups in total. The first-order valence-electron chi connectivity index (χ1n) is 4.17. The van der Waals surface area contributed by atoms with Gasteiger partial charge in [0.1, 0.15) is 10.6 Å². The quantitative estimate of drug-likeness (QED) is 0.695. The molecule has 0 bridgehead atoms. The van der Waals surface area contributed by atoms with Gasteiger partial charge in [0, 0.05) is 11.3 Å². The Morgan fingerprint density at radius 2 is 1.93 bits per heavy atom. The van der Waals surface area contributed by atoms with Gasteiger partial charge in [-0.15, -0.1) is 0 Å². The van der Waals surface area contributed by atoms with E-state index in [1.165, 1.54) is 20.9 Å². The lowest BCUT2D eigenvalue weighted by molar-refractivity contribution is 0.0690. The zero-order valence-corrected chi connectivity index (χ0v) is 9.40. The smallest absolute Gasteiger partial charge is 0.352 e. The molecular formula is C8H12N2O4S. The second-order valence-electron chi connectivity index (χ2n) is 3.09. The number of aromatic carboxylic acids is 1. The van der Waals surface area contributed by atoms with E-state index in [4.69, 9.17) is 5.11 Å². The van der Waals surface area contributed by atoms with Crippen molar-refractivity contribution in [1.82, 2.24) is 9.71 Å². The van der Waals surface area contributed by atoms with Gasteiger partial charge >= 0.3 is 5.97 Å². The second-order valence-corrected chi connectivity index (χ2v) is 4.92. The highest BCUT2D eigenvalue weighted by Gasteiger charge is 2.24. The van der Waals surface area contributed by atoms with E-state index < -0.39 is 16.0 Å². The molecule has 0 amide bonds. The van der Waals surface area contributed by atoms with Crippen LogP contribution in [0.25, 0.3) is 0 Å². The van der Waals surface area contributed by atoms with E-state index in [-0.39, 0.29) is 16.2 Å². The number of carbonyl (C=O) groups is 1. The molecule has 0 fully saturated rings. The Bertz CT molecular complexity index is 501. The van der Waals surface area contributed by atoms with E-state index in [0.29, 0.717) is 5.69 Å². The van der Waals surface area contributed by atoms with Crippen LogP contribution in [0.15, 0.2) is 4.90 Å². The Balaban J connectivity index is 3.52. The second kappa shape index (κ2) is 3.67. The number of H-pyrrole nitrogens is 1. The van der Waals surface area contributed by atoms with Crippen molar-refractivity contribution < 1.29 is 18.3 Å². The summed E-state index contributed by atoms with van der Waals surface area (Å²) in [5, 5.41) is 8.80. The maximum atomic E-state index is 11.6.